The van der Waals surface area contributed by atoms with Gasteiger partial charge in [0.2, 0.25) is 0 Å². The van der Waals surface area contributed by atoms with Crippen molar-refractivity contribution < 1.29 is 36.2 Å². The van der Waals surface area contributed by atoms with Crippen molar-refractivity contribution in [1.29, 1.82) is 0 Å². The highest BCUT2D eigenvalue weighted by molar-refractivity contribution is 7.92. The highest BCUT2D eigenvalue weighted by Crippen LogP contribution is 2.32. The smallest absolute Gasteiger partial charge is 0.261 e. The number of benzene rings is 2. The molecular weight excluding hydrogens is 591 g/mol. The largest absolute Gasteiger partial charge is 0.497 e. The van der Waals surface area contributed by atoms with Crippen molar-refractivity contribution in [3.05, 3.63) is 65.5 Å². The highest BCUT2D eigenvalue weighted by Gasteiger charge is 2.35. The molecule has 1 aliphatic rings. The zero-order chi connectivity index (χ0) is 29.9. The van der Waals surface area contributed by atoms with E-state index in [4.69, 9.17) is 9.47 Å². The number of carbonyl (C=O) groups excluding carboxylic acids is 1. The van der Waals surface area contributed by atoms with Gasteiger partial charge in [-0.1, -0.05) is 13.0 Å². The fourth-order valence-corrected chi connectivity index (χ4v) is 7.82. The lowest BCUT2D eigenvalue weighted by Gasteiger charge is -2.38. The number of aliphatic hydroxyl groups is 1. The molecule has 0 aliphatic carbocycles. The Morgan fingerprint density at radius 3 is 2.49 bits per heavy atom. The summed E-state index contributed by atoms with van der Waals surface area (Å²) in [5, 5.41) is 11.6. The van der Waals surface area contributed by atoms with Crippen LogP contribution < -0.4 is 14.2 Å². The molecule has 11 nitrogen and oxygen atoms in total. The number of rotatable bonds is 10. The maximum absolute atomic E-state index is 13.7. The van der Waals surface area contributed by atoms with E-state index in [1.54, 1.807) is 18.4 Å². The quantitative estimate of drug-likeness (QED) is 0.351. The van der Waals surface area contributed by atoms with Gasteiger partial charge in [-0.2, -0.15) is 4.31 Å². The van der Waals surface area contributed by atoms with Crippen LogP contribution in [0.25, 0.3) is 0 Å². The predicted molar refractivity (Wildman–Crippen MR) is 156 cm³/mol. The lowest BCUT2D eigenvalue weighted by Crippen LogP contribution is -2.50. The van der Waals surface area contributed by atoms with Gasteiger partial charge in [0.15, 0.2) is 0 Å². The maximum Gasteiger partial charge on any atom is 0.261 e. The number of anilines is 1. The first kappa shape index (κ1) is 30.8. The number of hydrogen-bond acceptors (Lipinski definition) is 9. The van der Waals surface area contributed by atoms with E-state index in [1.165, 1.54) is 71.9 Å². The summed E-state index contributed by atoms with van der Waals surface area (Å²) in [7, 11) is -4.79. The van der Waals surface area contributed by atoms with Crippen LogP contribution >= 0.6 is 11.3 Å². The van der Waals surface area contributed by atoms with E-state index >= 15 is 0 Å². The van der Waals surface area contributed by atoms with Crippen LogP contribution in [0, 0.1) is 5.92 Å². The van der Waals surface area contributed by atoms with Gasteiger partial charge in [-0.15, -0.1) is 11.3 Å². The number of methoxy groups -OCH3 is 1. The number of ether oxygens (including phenoxy) is 2. The summed E-state index contributed by atoms with van der Waals surface area (Å²) in [5.41, 5.74) is 0.219. The van der Waals surface area contributed by atoms with Crippen molar-refractivity contribution in [2.75, 3.05) is 38.6 Å². The van der Waals surface area contributed by atoms with E-state index in [1.807, 2.05) is 6.92 Å². The van der Waals surface area contributed by atoms with E-state index < -0.39 is 38.1 Å². The van der Waals surface area contributed by atoms with Crippen LogP contribution in [0.15, 0.2) is 69.1 Å². The van der Waals surface area contributed by atoms with Crippen molar-refractivity contribution in [3.63, 3.8) is 0 Å². The second kappa shape index (κ2) is 12.4. The molecule has 1 aromatic heterocycles. The van der Waals surface area contributed by atoms with Crippen LogP contribution in [0.5, 0.6) is 11.5 Å². The van der Waals surface area contributed by atoms with Crippen LogP contribution in [-0.2, 0) is 20.0 Å². The summed E-state index contributed by atoms with van der Waals surface area (Å²) < 4.78 is 67.5. The van der Waals surface area contributed by atoms with Gasteiger partial charge in [-0.05, 0) is 60.8 Å². The first-order valence-electron chi connectivity index (χ1n) is 12.8. The third-order valence-corrected chi connectivity index (χ3v) is 11.5. The van der Waals surface area contributed by atoms with Crippen molar-refractivity contribution in [3.8, 4) is 11.5 Å². The molecule has 0 bridgehead atoms. The van der Waals surface area contributed by atoms with Gasteiger partial charge in [-0.3, -0.25) is 9.52 Å². The molecule has 3 atom stereocenters. The minimum Gasteiger partial charge on any atom is -0.497 e. The summed E-state index contributed by atoms with van der Waals surface area (Å²) in [6, 6.07) is 12.8. The Bertz CT molecular complexity index is 1580. The van der Waals surface area contributed by atoms with E-state index in [9.17, 15) is 26.7 Å². The summed E-state index contributed by atoms with van der Waals surface area (Å²) >= 11 is 1.12. The molecule has 2 N–H and O–H groups in total. The fourth-order valence-electron chi connectivity index (χ4n) is 4.39. The van der Waals surface area contributed by atoms with Gasteiger partial charge < -0.3 is 19.5 Å². The molecule has 222 valence electrons. The van der Waals surface area contributed by atoms with Gasteiger partial charge in [0.1, 0.15) is 21.8 Å². The monoisotopic (exact) mass is 623 g/mol. The number of sulfonamides is 2. The minimum atomic E-state index is -3.99. The molecule has 0 unspecified atom stereocenters. The average Bonchev–Trinajstić information content (AvgIpc) is 3.51. The number of hydrogen-bond donors (Lipinski definition) is 2. The number of carbonyl (C=O) groups is 1. The number of thiophene rings is 1. The van der Waals surface area contributed by atoms with E-state index in [0.29, 0.717) is 5.75 Å². The van der Waals surface area contributed by atoms with Gasteiger partial charge in [0.05, 0.1) is 36.8 Å². The van der Waals surface area contributed by atoms with Gasteiger partial charge in [0.25, 0.3) is 26.0 Å². The number of aliphatic hydroxyl groups excluding tert-OH is 1. The lowest BCUT2D eigenvalue weighted by molar-refractivity contribution is 0.0387. The van der Waals surface area contributed by atoms with Gasteiger partial charge >= 0.3 is 0 Å². The Morgan fingerprint density at radius 1 is 1.17 bits per heavy atom. The fraction of sp³-hybridized carbons (Fsp3) is 0.370. The Labute approximate surface area is 244 Å². The Morgan fingerprint density at radius 2 is 1.88 bits per heavy atom. The van der Waals surface area contributed by atoms with Crippen molar-refractivity contribution in [1.82, 2.24) is 9.21 Å². The maximum atomic E-state index is 13.7. The topological polar surface area (TPSA) is 143 Å². The SMILES string of the molecule is COc1ccc(S(=O)(=O)Nc2ccc3c(c2)C(=O)N([C@@H](C)CO)C[C@H](C)[C@H](CN(C)S(=O)(=O)c2cccs2)O3)cc1. The third-order valence-electron chi connectivity index (χ3n) is 6.88. The molecule has 2 heterocycles. The zero-order valence-electron chi connectivity index (χ0n) is 23.1. The van der Waals surface area contributed by atoms with E-state index in [2.05, 4.69) is 4.72 Å². The second-order valence-corrected chi connectivity index (χ2v) is 14.7. The van der Waals surface area contributed by atoms with Crippen LogP contribution in [0.4, 0.5) is 5.69 Å². The molecule has 41 heavy (non-hydrogen) atoms. The highest BCUT2D eigenvalue weighted by atomic mass is 32.2. The molecule has 0 spiro atoms. The van der Waals surface area contributed by atoms with Gasteiger partial charge in [0, 0.05) is 25.2 Å². The van der Waals surface area contributed by atoms with Crippen molar-refractivity contribution in [2.24, 2.45) is 5.92 Å². The van der Waals surface area contributed by atoms with Crippen molar-refractivity contribution in [2.45, 2.75) is 35.1 Å². The number of nitrogens with one attached hydrogen (secondary N) is 1. The normalized spacial score (nSPS) is 18.7. The molecule has 1 aliphatic heterocycles. The van der Waals surface area contributed by atoms with E-state index in [0.717, 1.165) is 11.3 Å². The second-order valence-electron chi connectivity index (χ2n) is 9.83. The average molecular weight is 624 g/mol. The molecule has 0 radical (unpaired) electrons. The number of amides is 1. The first-order valence-corrected chi connectivity index (χ1v) is 16.6. The standard InChI is InChI=1S/C27H33N3O8S3/c1-18-15-30(19(2)17-31)27(32)23-14-20(28-40(33,34)22-10-8-21(37-4)9-11-22)7-12-24(23)38-25(18)16-29(3)41(35,36)26-6-5-13-39-26/h5-14,18-19,25,28,31H,15-17H2,1-4H3/t18-,19-,25-/m0/s1. The molecule has 0 saturated heterocycles. The molecule has 14 heteroatoms. The molecule has 1 amide bonds. The number of nitrogens with zero attached hydrogens (tertiary/aromatic N) is 2. The Hall–Kier alpha value is -3.17. The molecule has 0 fully saturated rings. The zero-order valence-corrected chi connectivity index (χ0v) is 25.5. The van der Waals surface area contributed by atoms with Crippen molar-refractivity contribution >= 4 is 43.0 Å². The molecular formula is C27H33N3O8S3. The van der Waals surface area contributed by atoms with Crippen LogP contribution in [0.2, 0.25) is 0 Å². The molecule has 3 aromatic rings. The van der Waals surface area contributed by atoms with Gasteiger partial charge in [-0.25, -0.2) is 16.8 Å². The predicted octanol–water partition coefficient (Wildman–Crippen LogP) is 3.10. The summed E-state index contributed by atoms with van der Waals surface area (Å²) in [6.45, 7) is 3.44. The minimum absolute atomic E-state index is 0.00221. The van der Waals surface area contributed by atoms with E-state index in [-0.39, 0.29) is 51.7 Å². The van der Waals surface area contributed by atoms with Crippen LogP contribution in [0.3, 0.4) is 0 Å². The third kappa shape index (κ3) is 6.67. The summed E-state index contributed by atoms with van der Waals surface area (Å²) in [4.78, 5) is 15.2. The lowest BCUT2D eigenvalue weighted by atomic mass is 9.99. The molecule has 0 saturated carbocycles. The summed E-state index contributed by atoms with van der Waals surface area (Å²) in [6.07, 6.45) is -0.656. The summed E-state index contributed by atoms with van der Waals surface area (Å²) in [5.74, 6) is -0.0771. The number of fused-ring (bicyclic) bond motifs is 1. The van der Waals surface area contributed by atoms with Crippen LogP contribution in [-0.4, -0.2) is 83.1 Å². The molecule has 4 rings (SSSR count). The Balaban J connectivity index is 1.67. The molecule has 2 aromatic carbocycles. The Kier molecular flexibility index (Phi) is 9.29. The first-order chi connectivity index (χ1) is 19.4. The van der Waals surface area contributed by atoms with Crippen LogP contribution in [0.1, 0.15) is 24.2 Å². The number of likely N-dealkylation sites (N-methyl/N-ethyl adjacent to an activating group) is 1.